The highest BCUT2D eigenvalue weighted by Crippen LogP contribution is 2.50. The van der Waals surface area contributed by atoms with Crippen LogP contribution in [0.5, 0.6) is 0 Å². The number of rotatable bonds is 6. The van der Waals surface area contributed by atoms with Crippen molar-refractivity contribution in [2.45, 2.75) is 24.7 Å². The lowest BCUT2D eigenvalue weighted by Gasteiger charge is -2.24. The van der Waals surface area contributed by atoms with Gasteiger partial charge in [0.05, 0.1) is 50.4 Å². The van der Waals surface area contributed by atoms with Crippen LogP contribution in [0.15, 0.2) is 164 Å². The monoisotopic (exact) mass is 897 g/mol. The van der Waals surface area contributed by atoms with Gasteiger partial charge < -0.3 is 4.57 Å². The van der Waals surface area contributed by atoms with Gasteiger partial charge in [-0.25, -0.2) is 9.97 Å². The smallest absolute Gasteiger partial charge is 0.308 e. The summed E-state index contributed by atoms with van der Waals surface area (Å²) in [5.74, 6) is 0.156. The molecule has 0 aliphatic carbocycles. The number of nitrogens with zero attached hydrogens (tertiary/aromatic N) is 3. The molecule has 0 N–H and O–H groups in total. The number of hydrogen-bond acceptors (Lipinski definition) is 2. The second-order valence-corrected chi connectivity index (χ2v) is 15.0. The van der Waals surface area contributed by atoms with Crippen molar-refractivity contribution in [2.75, 3.05) is 0 Å². The molecule has 0 bridgehead atoms. The quantitative estimate of drug-likeness (QED) is 0.156. The van der Waals surface area contributed by atoms with Crippen LogP contribution in [0, 0.1) is 0 Å². The largest absolute Gasteiger partial charge is 0.417 e. The lowest BCUT2D eigenvalue weighted by molar-refractivity contribution is -0.138. The molecule has 3 nitrogen and oxygen atoms in total. The highest BCUT2D eigenvalue weighted by Gasteiger charge is 2.38. The van der Waals surface area contributed by atoms with E-state index in [-0.39, 0.29) is 39.2 Å². The van der Waals surface area contributed by atoms with Gasteiger partial charge in [0.1, 0.15) is 0 Å². The molecule has 65 heavy (non-hydrogen) atoms. The molecule has 0 spiro atoms. The van der Waals surface area contributed by atoms with Gasteiger partial charge in [0, 0.05) is 38.6 Å². The zero-order valence-corrected chi connectivity index (χ0v) is 33.0. The summed E-state index contributed by atoms with van der Waals surface area (Å²) in [6, 6.07) is 34.2. The Morgan fingerprint density at radius 1 is 0.338 bits per heavy atom. The summed E-state index contributed by atoms with van der Waals surface area (Å²) in [4.78, 5) is 9.55. The fourth-order valence-corrected chi connectivity index (χ4v) is 8.05. The van der Waals surface area contributed by atoms with Gasteiger partial charge in [-0.2, -0.15) is 52.7 Å². The van der Waals surface area contributed by atoms with E-state index in [0.717, 1.165) is 53.1 Å². The summed E-state index contributed by atoms with van der Waals surface area (Å²) in [5.41, 5.74) is -6.19. The van der Waals surface area contributed by atoms with E-state index < -0.39 is 74.5 Å². The van der Waals surface area contributed by atoms with Crippen LogP contribution in [0.1, 0.15) is 22.3 Å². The molecule has 0 saturated carbocycles. The van der Waals surface area contributed by atoms with Crippen molar-refractivity contribution in [2.24, 2.45) is 0 Å². The van der Waals surface area contributed by atoms with Crippen molar-refractivity contribution in [3.05, 3.63) is 186 Å². The molecule has 326 valence electrons. The molecule has 15 heteroatoms. The number of hydrogen-bond donors (Lipinski definition) is 0. The predicted molar refractivity (Wildman–Crippen MR) is 224 cm³/mol. The Kier molecular flexibility index (Phi) is 10.3. The molecule has 0 aliphatic rings. The molecule has 0 aliphatic heterocycles. The lowest BCUT2D eigenvalue weighted by atomic mass is 9.88. The van der Waals surface area contributed by atoms with Gasteiger partial charge in [0.15, 0.2) is 5.82 Å². The Morgan fingerprint density at radius 2 is 0.738 bits per heavy atom. The van der Waals surface area contributed by atoms with E-state index in [1.165, 1.54) is 30.3 Å². The van der Waals surface area contributed by atoms with Gasteiger partial charge in [-0.05, 0) is 77.9 Å². The predicted octanol–water partition coefficient (Wildman–Crippen LogP) is 16.0. The van der Waals surface area contributed by atoms with E-state index in [4.69, 9.17) is 9.97 Å². The Bertz CT molecular complexity index is 3050. The SMILES string of the molecule is FC(F)(F)c1ccc2c(c1)c1cc(C(F)(F)F)ccc1n2-c1c(-c2ccccc2C(F)(F)F)cc(-c2cc(-c3ccccc3)nc(-c3ccccc3)n2)cc1-c1ccccc1C(F)(F)F. The van der Waals surface area contributed by atoms with Crippen LogP contribution < -0.4 is 0 Å². The molecule has 0 amide bonds. The van der Waals surface area contributed by atoms with Crippen LogP contribution >= 0.6 is 0 Å². The number of halogens is 12. The summed E-state index contributed by atoms with van der Waals surface area (Å²) < 4.78 is 178. The van der Waals surface area contributed by atoms with E-state index in [1.54, 1.807) is 60.7 Å². The molecular formula is C50H27F12N3. The number of fused-ring (bicyclic) bond motifs is 3. The molecule has 2 aromatic heterocycles. The Hall–Kier alpha value is -7.42. The van der Waals surface area contributed by atoms with Gasteiger partial charge in [-0.15, -0.1) is 0 Å². The Balaban J connectivity index is 1.50. The minimum absolute atomic E-state index is 0.00366. The van der Waals surface area contributed by atoms with Crippen molar-refractivity contribution in [1.29, 1.82) is 0 Å². The summed E-state index contributed by atoms with van der Waals surface area (Å²) in [5, 5.41) is -0.795. The third kappa shape index (κ3) is 8.06. The van der Waals surface area contributed by atoms with Gasteiger partial charge in [-0.3, -0.25) is 0 Å². The normalized spacial score (nSPS) is 12.6. The molecule has 0 fully saturated rings. The van der Waals surface area contributed by atoms with Gasteiger partial charge in [0.2, 0.25) is 0 Å². The molecule has 2 heterocycles. The molecular weight excluding hydrogens is 871 g/mol. The van der Waals surface area contributed by atoms with E-state index in [9.17, 15) is 26.3 Å². The summed E-state index contributed by atoms with van der Waals surface area (Å²) in [7, 11) is 0. The molecule has 0 radical (unpaired) electrons. The maximum atomic E-state index is 15.2. The summed E-state index contributed by atoms with van der Waals surface area (Å²) in [6.45, 7) is 0. The zero-order valence-electron chi connectivity index (χ0n) is 33.0. The Morgan fingerprint density at radius 3 is 1.17 bits per heavy atom. The van der Waals surface area contributed by atoms with Crippen molar-refractivity contribution in [3.8, 4) is 61.8 Å². The average Bonchev–Trinajstić information content (AvgIpc) is 3.60. The van der Waals surface area contributed by atoms with Crippen LogP contribution in [-0.4, -0.2) is 14.5 Å². The second-order valence-electron chi connectivity index (χ2n) is 15.0. The molecule has 7 aromatic carbocycles. The van der Waals surface area contributed by atoms with Gasteiger partial charge in [-0.1, -0.05) is 97.1 Å². The maximum absolute atomic E-state index is 15.2. The topological polar surface area (TPSA) is 30.7 Å². The van der Waals surface area contributed by atoms with Crippen molar-refractivity contribution in [1.82, 2.24) is 14.5 Å². The number of alkyl halides is 12. The fourth-order valence-electron chi connectivity index (χ4n) is 8.05. The minimum Gasteiger partial charge on any atom is -0.308 e. The first kappa shape index (κ1) is 42.9. The van der Waals surface area contributed by atoms with Gasteiger partial charge in [0.25, 0.3) is 0 Å². The third-order valence-electron chi connectivity index (χ3n) is 10.9. The maximum Gasteiger partial charge on any atom is 0.417 e. The molecule has 9 aromatic rings. The standard InChI is InChI=1S/C50H27F12N3/c51-47(52,53)31-19-21-43-35(25-31)36-26-32(48(54,55)56)20-22-44(36)65(43)45-37(33-15-7-9-17-39(33)49(57,58)59)23-30(24-38(45)34-16-8-10-18-40(34)50(60,61)62)42-27-41(28-11-3-1-4-12-28)63-46(64-42)29-13-5-2-6-14-29/h1-27H. The van der Waals surface area contributed by atoms with Gasteiger partial charge >= 0.3 is 24.7 Å². The number of benzene rings is 7. The third-order valence-corrected chi connectivity index (χ3v) is 10.9. The highest BCUT2D eigenvalue weighted by atomic mass is 19.4. The van der Waals surface area contributed by atoms with E-state index in [0.29, 0.717) is 41.1 Å². The second kappa shape index (κ2) is 15.7. The van der Waals surface area contributed by atoms with Crippen LogP contribution in [0.3, 0.4) is 0 Å². The first-order valence-electron chi connectivity index (χ1n) is 19.5. The van der Waals surface area contributed by atoms with E-state index in [2.05, 4.69) is 0 Å². The average molecular weight is 898 g/mol. The lowest BCUT2D eigenvalue weighted by Crippen LogP contribution is -2.11. The first-order chi connectivity index (χ1) is 30.8. The number of aromatic nitrogens is 3. The van der Waals surface area contributed by atoms with Crippen molar-refractivity contribution >= 4 is 21.8 Å². The van der Waals surface area contributed by atoms with Crippen LogP contribution in [0.25, 0.3) is 83.6 Å². The Labute approximate surface area is 360 Å². The van der Waals surface area contributed by atoms with Crippen molar-refractivity contribution < 1.29 is 52.7 Å². The summed E-state index contributed by atoms with van der Waals surface area (Å²) in [6.07, 6.45) is -20.1. The highest BCUT2D eigenvalue weighted by molar-refractivity contribution is 6.11. The zero-order chi connectivity index (χ0) is 46.1. The molecule has 0 saturated heterocycles. The minimum atomic E-state index is -5.08. The molecule has 9 rings (SSSR count). The summed E-state index contributed by atoms with van der Waals surface area (Å²) >= 11 is 0. The molecule has 0 unspecified atom stereocenters. The van der Waals surface area contributed by atoms with Crippen LogP contribution in [-0.2, 0) is 24.7 Å². The van der Waals surface area contributed by atoms with Crippen LogP contribution in [0.4, 0.5) is 52.7 Å². The van der Waals surface area contributed by atoms with E-state index >= 15 is 26.3 Å². The first-order valence-corrected chi connectivity index (χ1v) is 19.5. The van der Waals surface area contributed by atoms with Crippen LogP contribution in [0.2, 0.25) is 0 Å². The fraction of sp³-hybridized carbons (Fsp3) is 0.0800. The van der Waals surface area contributed by atoms with E-state index in [1.807, 2.05) is 0 Å². The van der Waals surface area contributed by atoms with Crippen molar-refractivity contribution in [3.63, 3.8) is 0 Å². The molecule has 0 atom stereocenters.